The van der Waals surface area contributed by atoms with Crippen molar-refractivity contribution < 1.29 is 13.2 Å². The Morgan fingerprint density at radius 2 is 2.00 bits per heavy atom. The molecule has 0 saturated heterocycles. The molecule has 5 heteroatoms. The van der Waals surface area contributed by atoms with E-state index in [1.165, 1.54) is 6.07 Å². The molecular formula is C9H11F3N2. The molecule has 1 aromatic rings. The number of benzene rings is 1. The molecule has 0 fully saturated rings. The van der Waals surface area contributed by atoms with Gasteiger partial charge in [-0.2, -0.15) is 13.2 Å². The van der Waals surface area contributed by atoms with Crippen LogP contribution >= 0.6 is 0 Å². The van der Waals surface area contributed by atoms with Crippen LogP contribution < -0.4 is 11.1 Å². The first kappa shape index (κ1) is 10.8. The molecule has 0 atom stereocenters. The van der Waals surface area contributed by atoms with Crippen LogP contribution in [0.2, 0.25) is 0 Å². The van der Waals surface area contributed by atoms with E-state index in [2.05, 4.69) is 5.32 Å². The Labute approximate surface area is 79.9 Å². The van der Waals surface area contributed by atoms with Gasteiger partial charge < -0.3 is 11.1 Å². The van der Waals surface area contributed by atoms with Gasteiger partial charge in [0.1, 0.15) is 0 Å². The maximum atomic E-state index is 12.5. The number of hydrogen-bond acceptors (Lipinski definition) is 2. The van der Waals surface area contributed by atoms with Crippen molar-refractivity contribution in [3.05, 3.63) is 29.3 Å². The molecule has 0 aliphatic heterocycles. The first-order valence-corrected chi connectivity index (χ1v) is 4.07. The van der Waals surface area contributed by atoms with Crippen molar-refractivity contribution in [1.82, 2.24) is 0 Å². The maximum absolute atomic E-state index is 12.5. The summed E-state index contributed by atoms with van der Waals surface area (Å²) in [5.74, 6) is 0. The fraction of sp³-hybridized carbons (Fsp3) is 0.333. The van der Waals surface area contributed by atoms with Crippen LogP contribution in [0.5, 0.6) is 0 Å². The van der Waals surface area contributed by atoms with Gasteiger partial charge in [0.2, 0.25) is 0 Å². The Balaban J connectivity index is 3.22. The molecule has 0 unspecified atom stereocenters. The lowest BCUT2D eigenvalue weighted by molar-refractivity contribution is -0.138. The third kappa shape index (κ3) is 2.17. The Kier molecular flexibility index (Phi) is 3.00. The minimum Gasteiger partial charge on any atom is -0.388 e. The lowest BCUT2D eigenvalue weighted by Crippen LogP contribution is -2.12. The van der Waals surface area contributed by atoms with Gasteiger partial charge in [-0.15, -0.1) is 0 Å². The summed E-state index contributed by atoms with van der Waals surface area (Å²) in [6.07, 6.45) is -4.35. The standard InChI is InChI=1S/C9H11F3N2/c1-14-7-3-2-6(5-13)8(4-7)9(10,11)12/h2-4,14H,5,13H2,1H3. The van der Waals surface area contributed by atoms with Gasteiger partial charge in [0.25, 0.3) is 0 Å². The van der Waals surface area contributed by atoms with E-state index in [0.717, 1.165) is 6.07 Å². The smallest absolute Gasteiger partial charge is 0.388 e. The molecular weight excluding hydrogens is 193 g/mol. The van der Waals surface area contributed by atoms with Gasteiger partial charge >= 0.3 is 6.18 Å². The predicted octanol–water partition coefficient (Wildman–Crippen LogP) is 2.21. The molecule has 0 spiro atoms. The van der Waals surface area contributed by atoms with Gasteiger partial charge in [-0.25, -0.2) is 0 Å². The average Bonchev–Trinajstić information content (AvgIpc) is 2.15. The first-order chi connectivity index (χ1) is 6.49. The third-order valence-corrected chi connectivity index (χ3v) is 1.92. The molecule has 3 N–H and O–H groups in total. The summed E-state index contributed by atoms with van der Waals surface area (Å²) in [6.45, 7) is -0.112. The van der Waals surface area contributed by atoms with Gasteiger partial charge in [-0.05, 0) is 17.7 Å². The number of halogens is 3. The molecule has 0 aliphatic rings. The van der Waals surface area contributed by atoms with E-state index in [9.17, 15) is 13.2 Å². The van der Waals surface area contributed by atoms with Crippen LogP contribution in [0.25, 0.3) is 0 Å². The van der Waals surface area contributed by atoms with Gasteiger partial charge in [-0.3, -0.25) is 0 Å². The number of rotatable bonds is 2. The van der Waals surface area contributed by atoms with Crippen molar-refractivity contribution in [2.45, 2.75) is 12.7 Å². The Hall–Kier alpha value is -1.23. The van der Waals surface area contributed by atoms with Crippen LogP contribution in [0.1, 0.15) is 11.1 Å². The van der Waals surface area contributed by atoms with Crippen molar-refractivity contribution in [2.24, 2.45) is 5.73 Å². The second-order valence-electron chi connectivity index (χ2n) is 2.82. The zero-order valence-corrected chi connectivity index (χ0v) is 7.65. The molecule has 1 rings (SSSR count). The van der Waals surface area contributed by atoms with Gasteiger partial charge in [0, 0.05) is 19.3 Å². The summed E-state index contributed by atoms with van der Waals surface area (Å²) in [7, 11) is 1.57. The monoisotopic (exact) mass is 204 g/mol. The van der Waals surface area contributed by atoms with Crippen molar-refractivity contribution >= 4 is 5.69 Å². The van der Waals surface area contributed by atoms with Crippen molar-refractivity contribution in [1.29, 1.82) is 0 Å². The number of nitrogens with one attached hydrogen (secondary N) is 1. The molecule has 0 heterocycles. The van der Waals surface area contributed by atoms with E-state index >= 15 is 0 Å². The lowest BCUT2D eigenvalue weighted by Gasteiger charge is -2.13. The van der Waals surface area contributed by atoms with E-state index in [-0.39, 0.29) is 12.1 Å². The van der Waals surface area contributed by atoms with E-state index in [0.29, 0.717) is 5.69 Å². The molecule has 1 aromatic carbocycles. The van der Waals surface area contributed by atoms with Gasteiger partial charge in [0.05, 0.1) is 5.56 Å². The SMILES string of the molecule is CNc1ccc(CN)c(C(F)(F)F)c1. The average molecular weight is 204 g/mol. The zero-order valence-electron chi connectivity index (χ0n) is 7.65. The summed E-state index contributed by atoms with van der Waals surface area (Å²) in [5.41, 5.74) is 5.08. The summed E-state index contributed by atoms with van der Waals surface area (Å²) in [6, 6.07) is 4.01. The Morgan fingerprint density at radius 1 is 1.36 bits per heavy atom. The highest BCUT2D eigenvalue weighted by atomic mass is 19.4. The topological polar surface area (TPSA) is 38.0 Å². The minimum absolute atomic E-state index is 0.108. The fourth-order valence-corrected chi connectivity index (χ4v) is 1.17. The summed E-state index contributed by atoms with van der Waals surface area (Å²) in [4.78, 5) is 0. The van der Waals surface area contributed by atoms with Crippen LogP contribution in [-0.2, 0) is 12.7 Å². The Morgan fingerprint density at radius 3 is 2.43 bits per heavy atom. The normalized spacial score (nSPS) is 11.5. The summed E-state index contributed by atoms with van der Waals surface area (Å²) in [5, 5.41) is 2.65. The highest BCUT2D eigenvalue weighted by Gasteiger charge is 2.33. The molecule has 0 saturated carbocycles. The second-order valence-corrected chi connectivity index (χ2v) is 2.82. The van der Waals surface area contributed by atoms with E-state index in [1.54, 1.807) is 13.1 Å². The van der Waals surface area contributed by atoms with Crippen LogP contribution in [0, 0.1) is 0 Å². The minimum atomic E-state index is -4.35. The van der Waals surface area contributed by atoms with Gasteiger partial charge in [0.15, 0.2) is 0 Å². The van der Waals surface area contributed by atoms with Gasteiger partial charge in [-0.1, -0.05) is 6.07 Å². The van der Waals surface area contributed by atoms with E-state index < -0.39 is 11.7 Å². The number of anilines is 1. The number of alkyl halides is 3. The third-order valence-electron chi connectivity index (χ3n) is 1.92. The predicted molar refractivity (Wildman–Crippen MR) is 48.9 cm³/mol. The van der Waals surface area contributed by atoms with Crippen molar-refractivity contribution in [3.8, 4) is 0 Å². The quantitative estimate of drug-likeness (QED) is 0.775. The molecule has 0 aliphatic carbocycles. The summed E-state index contributed by atoms with van der Waals surface area (Å²) >= 11 is 0. The van der Waals surface area contributed by atoms with Crippen LogP contribution in [0.3, 0.4) is 0 Å². The fourth-order valence-electron chi connectivity index (χ4n) is 1.17. The number of hydrogen-bond donors (Lipinski definition) is 2. The van der Waals surface area contributed by atoms with Crippen molar-refractivity contribution in [2.75, 3.05) is 12.4 Å². The highest BCUT2D eigenvalue weighted by molar-refractivity contribution is 5.49. The van der Waals surface area contributed by atoms with Crippen LogP contribution in [0.15, 0.2) is 18.2 Å². The summed E-state index contributed by atoms with van der Waals surface area (Å²) < 4.78 is 37.4. The maximum Gasteiger partial charge on any atom is 0.416 e. The first-order valence-electron chi connectivity index (χ1n) is 4.07. The largest absolute Gasteiger partial charge is 0.416 e. The molecule has 0 aromatic heterocycles. The Bertz CT molecular complexity index is 320. The molecule has 0 radical (unpaired) electrons. The van der Waals surface area contributed by atoms with E-state index in [4.69, 9.17) is 5.73 Å². The van der Waals surface area contributed by atoms with Crippen LogP contribution in [0.4, 0.5) is 18.9 Å². The van der Waals surface area contributed by atoms with Crippen LogP contribution in [-0.4, -0.2) is 7.05 Å². The van der Waals surface area contributed by atoms with E-state index in [1.807, 2.05) is 0 Å². The molecule has 0 bridgehead atoms. The highest BCUT2D eigenvalue weighted by Crippen LogP contribution is 2.33. The molecule has 14 heavy (non-hydrogen) atoms. The number of nitrogens with two attached hydrogens (primary N) is 1. The zero-order chi connectivity index (χ0) is 10.8. The molecule has 0 amide bonds. The molecule has 78 valence electrons. The molecule has 2 nitrogen and oxygen atoms in total. The lowest BCUT2D eigenvalue weighted by atomic mass is 10.1. The van der Waals surface area contributed by atoms with Crippen molar-refractivity contribution in [3.63, 3.8) is 0 Å². The second kappa shape index (κ2) is 3.88.